The van der Waals surface area contributed by atoms with Gasteiger partial charge in [0.2, 0.25) is 5.91 Å². The van der Waals surface area contributed by atoms with Crippen LogP contribution in [0.1, 0.15) is 46.1 Å². The zero-order valence-corrected chi connectivity index (χ0v) is 21.5. The second-order valence-electron chi connectivity index (χ2n) is 11.8. The van der Waals surface area contributed by atoms with Crippen LogP contribution in [0.3, 0.4) is 0 Å². The van der Waals surface area contributed by atoms with Crippen molar-refractivity contribution in [2.75, 3.05) is 31.1 Å². The second-order valence-corrected chi connectivity index (χ2v) is 11.8. The van der Waals surface area contributed by atoms with Crippen molar-refractivity contribution in [2.24, 2.45) is 29.1 Å². The number of fused-ring (bicyclic) bond motifs is 2. The summed E-state index contributed by atoms with van der Waals surface area (Å²) in [5.74, 6) is 0.780. The molecule has 1 aromatic carbocycles. The number of benzene rings is 1. The molecule has 5 aliphatic rings. The number of carbonyl (C=O) groups excluding carboxylic acids is 1. The van der Waals surface area contributed by atoms with Gasteiger partial charge in [0.25, 0.3) is 0 Å². The first kappa shape index (κ1) is 25.0. The minimum absolute atomic E-state index is 0.115. The molecule has 0 aromatic heterocycles. The lowest BCUT2D eigenvalue weighted by Crippen LogP contribution is -2.62. The lowest BCUT2D eigenvalue weighted by molar-refractivity contribution is -0.231. The maximum absolute atomic E-state index is 13.6. The fraction of sp³-hybridized carbons (Fsp3) is 0.741. The quantitative estimate of drug-likeness (QED) is 0.486. The number of hydrogen-bond acceptors (Lipinski definition) is 7. The Morgan fingerprint density at radius 3 is 2.69 bits per heavy atom. The first-order valence-corrected chi connectivity index (χ1v) is 13.3. The van der Waals surface area contributed by atoms with E-state index >= 15 is 0 Å². The summed E-state index contributed by atoms with van der Waals surface area (Å²) in [7, 11) is 0. The van der Waals surface area contributed by atoms with Gasteiger partial charge in [-0.05, 0) is 60.6 Å². The number of amides is 1. The van der Waals surface area contributed by atoms with Crippen molar-refractivity contribution in [3.8, 4) is 0 Å². The molecule has 0 radical (unpaired) electrons. The fourth-order valence-electron chi connectivity index (χ4n) is 7.13. The third-order valence-corrected chi connectivity index (χ3v) is 9.49. The molecule has 8 heteroatoms. The molecule has 6 rings (SSSR count). The van der Waals surface area contributed by atoms with Gasteiger partial charge in [-0.2, -0.15) is 5.06 Å². The van der Waals surface area contributed by atoms with Crippen molar-refractivity contribution < 1.29 is 19.8 Å². The fourth-order valence-corrected chi connectivity index (χ4v) is 7.13. The van der Waals surface area contributed by atoms with Crippen LogP contribution in [-0.4, -0.2) is 71.8 Å². The molecule has 0 spiro atoms. The van der Waals surface area contributed by atoms with Gasteiger partial charge in [-0.25, -0.2) is 0 Å². The highest BCUT2D eigenvalue weighted by molar-refractivity contribution is 5.82. The number of anilines is 1. The van der Waals surface area contributed by atoms with E-state index in [4.69, 9.17) is 4.84 Å². The Morgan fingerprint density at radius 1 is 1.29 bits per heavy atom. The molecular formula is C27H42N4O4. The lowest BCUT2D eigenvalue weighted by atomic mass is 9.45. The molecule has 2 heterocycles. The van der Waals surface area contributed by atoms with Crippen molar-refractivity contribution >= 4 is 11.6 Å². The molecule has 2 aliphatic heterocycles. The minimum atomic E-state index is -1.22. The summed E-state index contributed by atoms with van der Waals surface area (Å²) in [6, 6.07) is 7.64. The largest absolute Gasteiger partial charge is 0.393 e. The molecule has 194 valence electrons. The number of hydrogen-bond donors (Lipinski definition) is 4. The number of piperazine rings is 1. The predicted octanol–water partition coefficient (Wildman–Crippen LogP) is 1.71. The number of aliphatic hydroxyl groups excluding tert-OH is 2. The van der Waals surface area contributed by atoms with Gasteiger partial charge in [-0.3, -0.25) is 9.63 Å². The van der Waals surface area contributed by atoms with Gasteiger partial charge in [0.1, 0.15) is 6.04 Å². The predicted molar refractivity (Wildman–Crippen MR) is 134 cm³/mol. The molecule has 1 unspecified atom stereocenters. The summed E-state index contributed by atoms with van der Waals surface area (Å²) in [5, 5.41) is 29.3. The van der Waals surface area contributed by atoms with Gasteiger partial charge in [0, 0.05) is 37.9 Å². The Kier molecular flexibility index (Phi) is 6.87. The third-order valence-electron chi connectivity index (χ3n) is 9.49. The van der Waals surface area contributed by atoms with E-state index in [-0.39, 0.29) is 11.9 Å². The van der Waals surface area contributed by atoms with E-state index in [1.165, 1.54) is 6.42 Å². The average Bonchev–Trinajstić information content (AvgIpc) is 3.16. The van der Waals surface area contributed by atoms with Crippen LogP contribution in [0.4, 0.5) is 5.69 Å². The summed E-state index contributed by atoms with van der Waals surface area (Å²) < 4.78 is 0. The minimum Gasteiger partial charge on any atom is -0.393 e. The summed E-state index contributed by atoms with van der Waals surface area (Å²) in [6.45, 7) is 12.8. The number of nitrogens with zero attached hydrogens (tertiary/aromatic N) is 2. The van der Waals surface area contributed by atoms with Crippen molar-refractivity contribution in [1.82, 2.24) is 15.7 Å². The van der Waals surface area contributed by atoms with Gasteiger partial charge in [0.15, 0.2) is 6.29 Å². The molecule has 2 saturated heterocycles. The van der Waals surface area contributed by atoms with E-state index in [0.29, 0.717) is 29.7 Å². The second kappa shape index (κ2) is 9.63. The Labute approximate surface area is 209 Å². The summed E-state index contributed by atoms with van der Waals surface area (Å²) in [4.78, 5) is 21.8. The lowest BCUT2D eigenvalue weighted by Gasteiger charge is -2.62. The SMILES string of the molecule is C[C@@H]1[C@@H](NC(=O)[C@@H]2[C@H]([C@H](C)O)C(O)ON2Cc2cccc(N3CCNCC3)c2)C[C@H]2C[C@@H]1C2(C)C. The highest BCUT2D eigenvalue weighted by Crippen LogP contribution is 2.61. The summed E-state index contributed by atoms with van der Waals surface area (Å²) in [6.07, 6.45) is 0.128. The molecule has 35 heavy (non-hydrogen) atoms. The molecule has 4 N–H and O–H groups in total. The van der Waals surface area contributed by atoms with Crippen LogP contribution < -0.4 is 15.5 Å². The van der Waals surface area contributed by atoms with Crippen LogP contribution in [0.25, 0.3) is 0 Å². The van der Waals surface area contributed by atoms with Gasteiger partial charge in [-0.1, -0.05) is 32.9 Å². The topological polar surface area (TPSA) is 97.3 Å². The van der Waals surface area contributed by atoms with Crippen LogP contribution in [0.5, 0.6) is 0 Å². The molecule has 8 nitrogen and oxygen atoms in total. The number of rotatable bonds is 6. The molecule has 3 saturated carbocycles. The monoisotopic (exact) mass is 486 g/mol. The Morgan fingerprint density at radius 2 is 2.03 bits per heavy atom. The van der Waals surface area contributed by atoms with E-state index in [1.54, 1.807) is 12.0 Å². The molecule has 8 atom stereocenters. The number of carbonyl (C=O) groups is 1. The van der Waals surface area contributed by atoms with Gasteiger partial charge in [-0.15, -0.1) is 0 Å². The van der Waals surface area contributed by atoms with Crippen molar-refractivity contribution in [3.63, 3.8) is 0 Å². The highest BCUT2D eigenvalue weighted by atomic mass is 16.8. The maximum atomic E-state index is 13.6. The standard InChI is InChI=1S/C27H42N4O4/c1-16-21-13-19(27(21,3)4)14-22(16)29-25(33)24-23(17(2)32)26(34)35-31(24)15-18-6-5-7-20(12-18)30-10-8-28-9-11-30/h5-7,12,16-17,19,21-24,26,28,32,34H,8-11,13-15H2,1-4H3,(H,29,33)/t16-,17-,19+,21-,22-,23-,24-,26?/m0/s1. The highest BCUT2D eigenvalue weighted by Gasteiger charge is 2.57. The molecule has 2 bridgehead atoms. The average molecular weight is 487 g/mol. The number of nitrogens with one attached hydrogen (secondary N) is 2. The smallest absolute Gasteiger partial charge is 0.240 e. The Bertz CT molecular complexity index is 918. The summed E-state index contributed by atoms with van der Waals surface area (Å²) >= 11 is 0. The normalized spacial score (nSPS) is 37.5. The Hall–Kier alpha value is -1.71. The van der Waals surface area contributed by atoms with E-state index in [0.717, 1.165) is 43.9 Å². The van der Waals surface area contributed by atoms with Crippen molar-refractivity contribution in [3.05, 3.63) is 29.8 Å². The number of hydroxylamine groups is 2. The van der Waals surface area contributed by atoms with Gasteiger partial charge < -0.3 is 25.7 Å². The molecule has 3 aliphatic carbocycles. The van der Waals surface area contributed by atoms with Crippen LogP contribution in [-0.2, 0) is 16.2 Å². The first-order chi connectivity index (χ1) is 16.7. The van der Waals surface area contributed by atoms with Gasteiger partial charge in [0.05, 0.1) is 18.6 Å². The van der Waals surface area contributed by atoms with E-state index < -0.39 is 24.4 Å². The molecule has 5 fully saturated rings. The van der Waals surface area contributed by atoms with Crippen LogP contribution >= 0.6 is 0 Å². The van der Waals surface area contributed by atoms with Crippen molar-refractivity contribution in [2.45, 2.75) is 71.6 Å². The van der Waals surface area contributed by atoms with Crippen LogP contribution in [0, 0.1) is 29.1 Å². The van der Waals surface area contributed by atoms with Gasteiger partial charge >= 0.3 is 0 Å². The maximum Gasteiger partial charge on any atom is 0.240 e. The first-order valence-electron chi connectivity index (χ1n) is 13.3. The Balaban J connectivity index is 1.31. The van der Waals surface area contributed by atoms with E-state index in [2.05, 4.69) is 48.4 Å². The molecule has 1 amide bonds. The van der Waals surface area contributed by atoms with E-state index in [9.17, 15) is 15.0 Å². The molecular weight excluding hydrogens is 444 g/mol. The summed E-state index contributed by atoms with van der Waals surface area (Å²) in [5.41, 5.74) is 2.50. The van der Waals surface area contributed by atoms with Crippen LogP contribution in [0.2, 0.25) is 0 Å². The van der Waals surface area contributed by atoms with Crippen LogP contribution in [0.15, 0.2) is 24.3 Å². The molecule has 1 aromatic rings. The van der Waals surface area contributed by atoms with E-state index in [1.807, 2.05) is 12.1 Å². The zero-order valence-electron chi connectivity index (χ0n) is 21.5. The number of aliphatic hydroxyl groups is 2. The zero-order chi connectivity index (χ0) is 24.9. The third kappa shape index (κ3) is 4.60. The van der Waals surface area contributed by atoms with Crippen molar-refractivity contribution in [1.29, 1.82) is 0 Å².